The molecule has 3 aliphatic heterocycles. The van der Waals surface area contributed by atoms with Crippen LogP contribution in [0.5, 0.6) is 0 Å². The molecule has 0 fully saturated rings. The number of hydrogen-bond acceptors (Lipinski definition) is 2. The highest BCUT2D eigenvalue weighted by Gasteiger charge is 2.33. The average molecular weight is 384 g/mol. The zero-order valence-corrected chi connectivity index (χ0v) is 17.0. The molecule has 1 aromatic carbocycles. The topological polar surface area (TPSA) is 35.1 Å². The van der Waals surface area contributed by atoms with Gasteiger partial charge in [0.25, 0.3) is 0 Å². The van der Waals surface area contributed by atoms with Crippen LogP contribution in [0.25, 0.3) is 16.6 Å². The van der Waals surface area contributed by atoms with Gasteiger partial charge >= 0.3 is 13.7 Å². The SMILES string of the molecule is CCC1=N/C(=C(\c2ccc(CC)n2B2C#C2)c2nc3ccccc3n2B2C#C2)C=C1. The maximum Gasteiger partial charge on any atom is 0.433 e. The van der Waals surface area contributed by atoms with E-state index in [1.165, 1.54) is 5.69 Å². The molecule has 0 N–H and O–H groups in total. The van der Waals surface area contributed by atoms with Crippen LogP contribution in [0.2, 0.25) is 0 Å². The molecule has 0 amide bonds. The first-order chi connectivity index (χ1) is 14.8. The molecule has 0 saturated heterocycles. The highest BCUT2D eigenvalue weighted by molar-refractivity contribution is 6.85. The van der Waals surface area contributed by atoms with Gasteiger partial charge in [-0.15, -0.1) is 23.3 Å². The Morgan fingerprint density at radius 1 is 0.900 bits per heavy atom. The molecule has 30 heavy (non-hydrogen) atoms. The van der Waals surface area contributed by atoms with Gasteiger partial charge in [-0.1, -0.05) is 26.0 Å². The van der Waals surface area contributed by atoms with Crippen molar-refractivity contribution in [2.75, 3.05) is 0 Å². The summed E-state index contributed by atoms with van der Waals surface area (Å²) < 4.78 is 4.54. The maximum atomic E-state index is 5.07. The molecule has 3 aromatic rings. The van der Waals surface area contributed by atoms with Crippen LogP contribution in [0.15, 0.2) is 59.2 Å². The summed E-state index contributed by atoms with van der Waals surface area (Å²) >= 11 is 0. The van der Waals surface area contributed by atoms with Crippen LogP contribution < -0.4 is 0 Å². The Balaban J connectivity index is 1.65. The van der Waals surface area contributed by atoms with Crippen LogP contribution in [-0.4, -0.2) is 33.3 Å². The van der Waals surface area contributed by atoms with Gasteiger partial charge in [0, 0.05) is 17.1 Å². The van der Waals surface area contributed by atoms with E-state index in [0.717, 1.165) is 52.4 Å². The molecule has 6 heteroatoms. The van der Waals surface area contributed by atoms with Gasteiger partial charge in [0.1, 0.15) is 5.82 Å². The number of imidazole rings is 1. The highest BCUT2D eigenvalue weighted by Crippen LogP contribution is 2.35. The lowest BCUT2D eigenvalue weighted by Gasteiger charge is -2.15. The Hall–Kier alpha value is -3.63. The molecule has 0 bridgehead atoms. The van der Waals surface area contributed by atoms with Crippen LogP contribution in [0.3, 0.4) is 0 Å². The Kier molecular flexibility index (Phi) is 3.70. The van der Waals surface area contributed by atoms with Gasteiger partial charge in [0.15, 0.2) is 0 Å². The van der Waals surface area contributed by atoms with Gasteiger partial charge in [0.05, 0.1) is 22.3 Å². The molecule has 4 nitrogen and oxygen atoms in total. The van der Waals surface area contributed by atoms with Gasteiger partial charge in [-0.05, 0) is 49.3 Å². The van der Waals surface area contributed by atoms with E-state index in [-0.39, 0.29) is 13.7 Å². The van der Waals surface area contributed by atoms with E-state index in [1.54, 1.807) is 0 Å². The molecule has 0 aliphatic carbocycles. The smallest absolute Gasteiger partial charge is 0.366 e. The molecule has 0 atom stereocenters. The van der Waals surface area contributed by atoms with Gasteiger partial charge in [-0.25, -0.2) is 4.98 Å². The van der Waals surface area contributed by atoms with Gasteiger partial charge in [-0.3, -0.25) is 4.99 Å². The summed E-state index contributed by atoms with van der Waals surface area (Å²) in [5.74, 6) is 13.8. The van der Waals surface area contributed by atoms with Crippen LogP contribution >= 0.6 is 0 Å². The lowest BCUT2D eigenvalue weighted by molar-refractivity contribution is 0.990. The van der Waals surface area contributed by atoms with E-state index < -0.39 is 0 Å². The van der Waals surface area contributed by atoms with Crippen molar-refractivity contribution < 1.29 is 0 Å². The third-order valence-corrected chi connectivity index (χ3v) is 5.82. The molecule has 3 aliphatic rings. The van der Waals surface area contributed by atoms with Crippen molar-refractivity contribution in [3.8, 4) is 23.3 Å². The first-order valence-corrected chi connectivity index (χ1v) is 10.5. The maximum absolute atomic E-state index is 5.07. The molecule has 0 unspecified atom stereocenters. The highest BCUT2D eigenvalue weighted by atomic mass is 15.1. The van der Waals surface area contributed by atoms with E-state index in [2.05, 4.69) is 88.6 Å². The van der Waals surface area contributed by atoms with Crippen molar-refractivity contribution in [3.05, 3.63) is 71.5 Å². The molecule has 6 rings (SSSR count). The second kappa shape index (κ2) is 6.44. The summed E-state index contributed by atoms with van der Waals surface area (Å²) in [5, 5.41) is 0. The number of rotatable bonds is 6. The second-order valence-electron chi connectivity index (χ2n) is 7.66. The van der Waals surface area contributed by atoms with Crippen molar-refractivity contribution in [1.82, 2.24) is 13.9 Å². The van der Waals surface area contributed by atoms with Crippen molar-refractivity contribution in [1.29, 1.82) is 0 Å². The van der Waals surface area contributed by atoms with E-state index in [1.807, 2.05) is 6.07 Å². The van der Waals surface area contributed by atoms with E-state index >= 15 is 0 Å². The Labute approximate surface area is 176 Å². The first-order valence-electron chi connectivity index (χ1n) is 10.5. The van der Waals surface area contributed by atoms with Crippen molar-refractivity contribution in [2.24, 2.45) is 4.99 Å². The minimum absolute atomic E-state index is 0.0224. The number of para-hydroxylation sites is 2. The monoisotopic (exact) mass is 384 g/mol. The third-order valence-electron chi connectivity index (χ3n) is 5.82. The summed E-state index contributed by atoms with van der Waals surface area (Å²) in [5.41, 5.74) is 7.50. The minimum Gasteiger partial charge on any atom is -0.366 e. The molecule has 0 radical (unpaired) electrons. The summed E-state index contributed by atoms with van der Waals surface area (Å²) in [6.07, 6.45) is 6.08. The van der Waals surface area contributed by atoms with E-state index in [4.69, 9.17) is 9.98 Å². The normalized spacial score (nSPS) is 16.9. The van der Waals surface area contributed by atoms with E-state index in [9.17, 15) is 0 Å². The Bertz CT molecular complexity index is 1430. The van der Waals surface area contributed by atoms with Crippen LogP contribution in [0.1, 0.15) is 37.5 Å². The fourth-order valence-electron chi connectivity index (χ4n) is 4.20. The Morgan fingerprint density at radius 2 is 1.67 bits per heavy atom. The van der Waals surface area contributed by atoms with Crippen molar-refractivity contribution >= 4 is 36.0 Å². The molecule has 2 aromatic heterocycles. The quantitative estimate of drug-likeness (QED) is 0.474. The molecular weight excluding hydrogens is 366 g/mol. The lowest BCUT2D eigenvalue weighted by Crippen LogP contribution is -2.20. The number of aliphatic imine (C=N–C) groups is 1. The molecular formula is C24H18B2N4. The number of aromatic nitrogens is 3. The van der Waals surface area contributed by atoms with Crippen LogP contribution in [0.4, 0.5) is 0 Å². The molecule has 140 valence electrons. The standard InChI is InChI=1S/C24H18B2N4/c1-3-17-9-11-20(27-17)23(22-12-10-18(4-2)29(22)25-13-14-25)24-28-19-7-5-6-8-21(19)30(24)26-15-16-26/h5-12H,3-4H2,1-2H3/b23-20+. The number of fused-ring (bicyclic) bond motifs is 1. The number of nitrogens with zero attached hydrogens (tertiary/aromatic N) is 4. The fraction of sp³-hybridized carbons (Fsp3) is 0.167. The predicted octanol–water partition coefficient (Wildman–Crippen LogP) is 3.45. The number of hydrogen-bond donors (Lipinski definition) is 0. The largest absolute Gasteiger partial charge is 0.433 e. The van der Waals surface area contributed by atoms with E-state index in [0.29, 0.717) is 0 Å². The second-order valence-corrected chi connectivity index (χ2v) is 7.66. The Morgan fingerprint density at radius 3 is 2.37 bits per heavy atom. The number of allylic oxidation sites excluding steroid dienone is 2. The van der Waals surface area contributed by atoms with Crippen LogP contribution in [-0.2, 0) is 6.42 Å². The summed E-state index contributed by atoms with van der Waals surface area (Å²) in [6.45, 7) is 4.43. The van der Waals surface area contributed by atoms with Crippen LogP contribution in [0, 0.1) is 23.3 Å². The lowest BCUT2D eigenvalue weighted by atomic mass is 9.78. The molecule has 0 saturated carbocycles. The van der Waals surface area contributed by atoms with Crippen molar-refractivity contribution in [3.63, 3.8) is 0 Å². The zero-order chi connectivity index (χ0) is 20.2. The number of aryl methyl sites for hydroxylation is 1. The van der Waals surface area contributed by atoms with Gasteiger partial charge < -0.3 is 8.96 Å². The fourth-order valence-corrected chi connectivity index (χ4v) is 4.20. The van der Waals surface area contributed by atoms with Gasteiger partial charge in [-0.2, -0.15) is 0 Å². The summed E-state index contributed by atoms with van der Waals surface area (Å²) in [6, 6.07) is 12.6. The summed E-state index contributed by atoms with van der Waals surface area (Å²) in [7, 11) is 0. The molecule has 0 spiro atoms. The van der Waals surface area contributed by atoms with Crippen molar-refractivity contribution in [2.45, 2.75) is 26.7 Å². The molecule has 5 heterocycles. The van der Waals surface area contributed by atoms with Gasteiger partial charge in [0.2, 0.25) is 0 Å². The third kappa shape index (κ3) is 2.61. The predicted molar refractivity (Wildman–Crippen MR) is 124 cm³/mol. The minimum atomic E-state index is 0.0224. The number of benzene rings is 1. The summed E-state index contributed by atoms with van der Waals surface area (Å²) in [4.78, 5) is 10.0. The zero-order valence-electron chi connectivity index (χ0n) is 17.0. The first kappa shape index (κ1) is 17.2. The average Bonchev–Trinajstić information content (AvgIpc) is 3.67.